The standard InChI is InChI=1S/C13H21N3O2/c1-9(14)13(2,3)16-12(17)15-10-7-5-6-8-11(10)18-4/h5-9H,14H2,1-4H3,(H2,15,16,17). The number of rotatable bonds is 4. The Hall–Kier alpha value is -1.75. The van der Waals surface area contributed by atoms with Crippen LogP contribution >= 0.6 is 0 Å². The normalized spacial score (nSPS) is 12.7. The van der Waals surface area contributed by atoms with Gasteiger partial charge in [0.15, 0.2) is 0 Å². The van der Waals surface area contributed by atoms with Crippen molar-refractivity contribution in [1.29, 1.82) is 0 Å². The Labute approximate surface area is 108 Å². The molecule has 1 atom stereocenters. The summed E-state index contributed by atoms with van der Waals surface area (Å²) in [7, 11) is 1.56. The molecule has 4 N–H and O–H groups in total. The predicted molar refractivity (Wildman–Crippen MR) is 72.9 cm³/mol. The first kappa shape index (κ1) is 14.3. The molecule has 0 aliphatic rings. The number of hydrogen-bond acceptors (Lipinski definition) is 3. The summed E-state index contributed by atoms with van der Waals surface area (Å²) in [6.07, 6.45) is 0. The fourth-order valence-electron chi connectivity index (χ4n) is 1.31. The van der Waals surface area contributed by atoms with Crippen molar-refractivity contribution < 1.29 is 9.53 Å². The lowest BCUT2D eigenvalue weighted by atomic mass is 9.97. The number of amides is 2. The van der Waals surface area contributed by atoms with Crippen LogP contribution in [-0.4, -0.2) is 24.7 Å². The van der Waals surface area contributed by atoms with E-state index in [1.54, 1.807) is 19.2 Å². The molecular weight excluding hydrogens is 230 g/mol. The summed E-state index contributed by atoms with van der Waals surface area (Å²) in [6, 6.07) is 6.77. The van der Waals surface area contributed by atoms with Gasteiger partial charge in [0.05, 0.1) is 18.3 Å². The van der Waals surface area contributed by atoms with E-state index in [-0.39, 0.29) is 12.1 Å². The number of hydrogen-bond donors (Lipinski definition) is 3. The van der Waals surface area contributed by atoms with Crippen LogP contribution in [0, 0.1) is 0 Å². The summed E-state index contributed by atoms with van der Waals surface area (Å²) in [6.45, 7) is 5.60. The van der Waals surface area contributed by atoms with Gasteiger partial charge in [0.25, 0.3) is 0 Å². The van der Waals surface area contributed by atoms with Gasteiger partial charge >= 0.3 is 6.03 Å². The number of nitrogens with two attached hydrogens (primary N) is 1. The Morgan fingerprint density at radius 1 is 1.39 bits per heavy atom. The Morgan fingerprint density at radius 2 is 2.00 bits per heavy atom. The first-order valence-electron chi connectivity index (χ1n) is 5.84. The maximum atomic E-state index is 11.9. The molecule has 5 heteroatoms. The first-order valence-corrected chi connectivity index (χ1v) is 5.84. The van der Waals surface area contributed by atoms with Gasteiger partial charge in [-0.3, -0.25) is 0 Å². The fraction of sp³-hybridized carbons (Fsp3) is 0.462. The zero-order chi connectivity index (χ0) is 13.8. The van der Waals surface area contributed by atoms with Crippen LogP contribution in [-0.2, 0) is 0 Å². The molecule has 1 unspecified atom stereocenters. The number of carbonyl (C=O) groups is 1. The summed E-state index contributed by atoms with van der Waals surface area (Å²) in [5.74, 6) is 0.617. The average molecular weight is 251 g/mol. The summed E-state index contributed by atoms with van der Waals surface area (Å²) in [5.41, 5.74) is 5.94. The molecule has 1 aromatic rings. The highest BCUT2D eigenvalue weighted by atomic mass is 16.5. The molecule has 100 valence electrons. The zero-order valence-corrected chi connectivity index (χ0v) is 11.3. The minimum atomic E-state index is -0.480. The number of urea groups is 1. The Balaban J connectivity index is 2.71. The molecule has 0 saturated carbocycles. The molecule has 0 fully saturated rings. The third-order valence-electron chi connectivity index (χ3n) is 2.93. The van der Waals surface area contributed by atoms with Crippen LogP contribution in [0.4, 0.5) is 10.5 Å². The summed E-state index contributed by atoms with van der Waals surface area (Å²) in [5, 5.41) is 5.57. The minimum Gasteiger partial charge on any atom is -0.495 e. The SMILES string of the molecule is COc1ccccc1NC(=O)NC(C)(C)C(C)N. The van der Waals surface area contributed by atoms with Crippen LogP contribution in [0.1, 0.15) is 20.8 Å². The van der Waals surface area contributed by atoms with Gasteiger partial charge in [0.1, 0.15) is 5.75 Å². The van der Waals surface area contributed by atoms with Crippen molar-refractivity contribution in [3.63, 3.8) is 0 Å². The molecule has 1 rings (SSSR count). The Morgan fingerprint density at radius 3 is 2.56 bits per heavy atom. The van der Waals surface area contributed by atoms with Crippen molar-refractivity contribution in [2.75, 3.05) is 12.4 Å². The van der Waals surface area contributed by atoms with Crippen molar-refractivity contribution in [2.45, 2.75) is 32.4 Å². The molecule has 5 nitrogen and oxygen atoms in total. The number of methoxy groups -OCH3 is 1. The first-order chi connectivity index (χ1) is 8.36. The molecule has 0 aliphatic heterocycles. The lowest BCUT2D eigenvalue weighted by molar-refractivity contribution is 0.236. The van der Waals surface area contributed by atoms with Crippen molar-refractivity contribution >= 4 is 11.7 Å². The highest BCUT2D eigenvalue weighted by molar-refractivity contribution is 5.91. The quantitative estimate of drug-likeness (QED) is 0.765. The fourth-order valence-corrected chi connectivity index (χ4v) is 1.31. The minimum absolute atomic E-state index is 0.152. The second kappa shape index (κ2) is 5.73. The van der Waals surface area contributed by atoms with Crippen LogP contribution in [0.15, 0.2) is 24.3 Å². The third kappa shape index (κ3) is 3.63. The van der Waals surface area contributed by atoms with Crippen LogP contribution < -0.4 is 21.1 Å². The van der Waals surface area contributed by atoms with Crippen LogP contribution in [0.5, 0.6) is 5.75 Å². The lowest BCUT2D eigenvalue weighted by Gasteiger charge is -2.30. The molecule has 0 saturated heterocycles. The van der Waals surface area contributed by atoms with Crippen molar-refractivity contribution in [2.24, 2.45) is 5.73 Å². The van der Waals surface area contributed by atoms with E-state index in [0.717, 1.165) is 0 Å². The number of carbonyl (C=O) groups excluding carboxylic acids is 1. The number of nitrogens with one attached hydrogen (secondary N) is 2. The molecular formula is C13H21N3O2. The second-order valence-electron chi connectivity index (χ2n) is 4.79. The molecule has 1 aromatic carbocycles. The van der Waals surface area contributed by atoms with Crippen LogP contribution in [0.3, 0.4) is 0 Å². The average Bonchev–Trinajstić information content (AvgIpc) is 2.28. The summed E-state index contributed by atoms with van der Waals surface area (Å²) in [4.78, 5) is 11.9. The van der Waals surface area contributed by atoms with Crippen LogP contribution in [0.2, 0.25) is 0 Å². The molecule has 0 aromatic heterocycles. The van der Waals surface area contributed by atoms with Crippen molar-refractivity contribution in [1.82, 2.24) is 5.32 Å². The highest BCUT2D eigenvalue weighted by Crippen LogP contribution is 2.23. The molecule has 0 spiro atoms. The molecule has 0 radical (unpaired) electrons. The highest BCUT2D eigenvalue weighted by Gasteiger charge is 2.25. The smallest absolute Gasteiger partial charge is 0.319 e. The van der Waals surface area contributed by atoms with Crippen LogP contribution in [0.25, 0.3) is 0 Å². The molecule has 2 amide bonds. The maximum Gasteiger partial charge on any atom is 0.319 e. The van der Waals surface area contributed by atoms with E-state index in [1.807, 2.05) is 32.9 Å². The van der Waals surface area contributed by atoms with Gasteiger partial charge in [0, 0.05) is 6.04 Å². The number of para-hydroxylation sites is 2. The second-order valence-corrected chi connectivity index (χ2v) is 4.79. The van der Waals surface area contributed by atoms with Gasteiger partial charge in [-0.15, -0.1) is 0 Å². The van der Waals surface area contributed by atoms with E-state index in [4.69, 9.17) is 10.5 Å². The third-order valence-corrected chi connectivity index (χ3v) is 2.93. The topological polar surface area (TPSA) is 76.4 Å². The zero-order valence-electron chi connectivity index (χ0n) is 11.3. The van der Waals surface area contributed by atoms with E-state index in [1.165, 1.54) is 0 Å². The molecule has 0 aliphatic carbocycles. The number of ether oxygens (including phenoxy) is 1. The van der Waals surface area contributed by atoms with E-state index >= 15 is 0 Å². The largest absolute Gasteiger partial charge is 0.495 e. The van der Waals surface area contributed by atoms with Gasteiger partial charge in [0.2, 0.25) is 0 Å². The Kier molecular flexibility index (Phi) is 4.55. The molecule has 0 heterocycles. The van der Waals surface area contributed by atoms with E-state index < -0.39 is 5.54 Å². The van der Waals surface area contributed by atoms with E-state index in [9.17, 15) is 4.79 Å². The van der Waals surface area contributed by atoms with Gasteiger partial charge in [-0.25, -0.2) is 4.79 Å². The van der Waals surface area contributed by atoms with Gasteiger partial charge in [-0.1, -0.05) is 12.1 Å². The van der Waals surface area contributed by atoms with E-state index in [2.05, 4.69) is 10.6 Å². The lowest BCUT2D eigenvalue weighted by Crippen LogP contribution is -2.55. The monoisotopic (exact) mass is 251 g/mol. The maximum absolute atomic E-state index is 11.9. The molecule has 0 bridgehead atoms. The predicted octanol–water partition coefficient (Wildman–Crippen LogP) is 1.94. The number of anilines is 1. The van der Waals surface area contributed by atoms with Gasteiger partial charge in [-0.2, -0.15) is 0 Å². The van der Waals surface area contributed by atoms with Gasteiger partial charge in [-0.05, 0) is 32.9 Å². The molecule has 18 heavy (non-hydrogen) atoms. The number of benzene rings is 1. The van der Waals surface area contributed by atoms with E-state index in [0.29, 0.717) is 11.4 Å². The van der Waals surface area contributed by atoms with Crippen molar-refractivity contribution in [3.8, 4) is 5.75 Å². The Bertz CT molecular complexity index is 416. The van der Waals surface area contributed by atoms with Crippen molar-refractivity contribution in [3.05, 3.63) is 24.3 Å². The van der Waals surface area contributed by atoms with Gasteiger partial charge < -0.3 is 21.1 Å². The summed E-state index contributed by atoms with van der Waals surface area (Å²) < 4.78 is 5.16. The summed E-state index contributed by atoms with van der Waals surface area (Å²) >= 11 is 0.